The molecular weight excluding hydrogens is 352 g/mol. The zero-order valence-electron chi connectivity index (χ0n) is 15.4. The molecule has 1 amide bonds. The van der Waals surface area contributed by atoms with Gasteiger partial charge in [-0.15, -0.1) is 0 Å². The summed E-state index contributed by atoms with van der Waals surface area (Å²) in [7, 11) is 1.56. The van der Waals surface area contributed by atoms with E-state index < -0.39 is 11.2 Å². The molecule has 0 radical (unpaired) electrons. The molecule has 1 unspecified atom stereocenters. The summed E-state index contributed by atoms with van der Waals surface area (Å²) >= 11 is 0. The number of hydrogen-bond acceptors (Lipinski definition) is 4. The topological polar surface area (TPSA) is 54.5 Å². The van der Waals surface area contributed by atoms with Gasteiger partial charge in [0.25, 0.3) is 0 Å². The average molecular weight is 375 g/mol. The highest BCUT2D eigenvalue weighted by molar-refractivity contribution is 5.87. The maximum absolute atomic E-state index is 14.2. The maximum Gasteiger partial charge on any atom is 0.230 e. The standard InChI is InChI=1S/C20H23F2N3O2/c1-14(11-27-2)24-19(26)20(9-15-5-3-4-6-16(15)21)12-25(13-20)18-7-8-23-10-17(18)22/h3-8,10,14H,9,11-13H2,1-2H3,(H,24,26). The van der Waals surface area contributed by atoms with Crippen LogP contribution in [0.15, 0.2) is 42.7 Å². The van der Waals surface area contributed by atoms with E-state index >= 15 is 0 Å². The van der Waals surface area contributed by atoms with Crippen LogP contribution in [0.25, 0.3) is 0 Å². The Morgan fingerprint density at radius 1 is 1.30 bits per heavy atom. The second-order valence-corrected chi connectivity index (χ2v) is 7.06. The molecule has 5 nitrogen and oxygen atoms in total. The van der Waals surface area contributed by atoms with Crippen LogP contribution in [0.1, 0.15) is 12.5 Å². The first kappa shape index (κ1) is 19.2. The molecule has 1 aliphatic heterocycles. The van der Waals surface area contributed by atoms with Crippen LogP contribution in [0.5, 0.6) is 0 Å². The summed E-state index contributed by atoms with van der Waals surface area (Å²) in [5.74, 6) is -0.964. The lowest BCUT2D eigenvalue weighted by molar-refractivity contribution is -0.133. The van der Waals surface area contributed by atoms with E-state index in [1.54, 1.807) is 36.3 Å². The number of carbonyl (C=O) groups excluding carboxylic acids is 1. The van der Waals surface area contributed by atoms with Gasteiger partial charge in [-0.1, -0.05) is 18.2 Å². The van der Waals surface area contributed by atoms with Gasteiger partial charge in [0.2, 0.25) is 5.91 Å². The minimum Gasteiger partial charge on any atom is -0.383 e. The molecule has 0 spiro atoms. The van der Waals surface area contributed by atoms with Crippen molar-refractivity contribution in [3.05, 3.63) is 59.9 Å². The van der Waals surface area contributed by atoms with Crippen LogP contribution in [-0.2, 0) is 16.0 Å². The fraction of sp³-hybridized carbons (Fsp3) is 0.400. The van der Waals surface area contributed by atoms with Crippen molar-refractivity contribution in [1.29, 1.82) is 0 Å². The molecule has 1 aromatic heterocycles. The first-order chi connectivity index (χ1) is 12.9. The van der Waals surface area contributed by atoms with E-state index in [9.17, 15) is 13.6 Å². The smallest absolute Gasteiger partial charge is 0.230 e. The normalized spacial score (nSPS) is 16.5. The van der Waals surface area contributed by atoms with Gasteiger partial charge in [0, 0.05) is 32.4 Å². The van der Waals surface area contributed by atoms with Gasteiger partial charge in [0.1, 0.15) is 5.82 Å². The number of amides is 1. The molecule has 27 heavy (non-hydrogen) atoms. The van der Waals surface area contributed by atoms with Gasteiger partial charge in [-0.2, -0.15) is 0 Å². The van der Waals surface area contributed by atoms with E-state index in [1.165, 1.54) is 12.3 Å². The van der Waals surface area contributed by atoms with Crippen molar-refractivity contribution in [1.82, 2.24) is 10.3 Å². The van der Waals surface area contributed by atoms with E-state index in [0.29, 0.717) is 30.9 Å². The van der Waals surface area contributed by atoms with Crippen molar-refractivity contribution in [3.63, 3.8) is 0 Å². The van der Waals surface area contributed by atoms with E-state index in [1.807, 2.05) is 6.92 Å². The predicted molar refractivity (Wildman–Crippen MR) is 98.4 cm³/mol. The van der Waals surface area contributed by atoms with Crippen molar-refractivity contribution in [2.75, 3.05) is 31.7 Å². The Balaban J connectivity index is 1.82. The molecular formula is C20H23F2N3O2. The van der Waals surface area contributed by atoms with Crippen LogP contribution in [-0.4, -0.2) is 43.7 Å². The van der Waals surface area contributed by atoms with Gasteiger partial charge in [-0.05, 0) is 31.0 Å². The third-order valence-corrected chi connectivity index (χ3v) is 4.84. The van der Waals surface area contributed by atoms with Crippen molar-refractivity contribution in [2.24, 2.45) is 5.41 Å². The molecule has 144 valence electrons. The summed E-state index contributed by atoms with van der Waals surface area (Å²) < 4.78 is 33.3. The second-order valence-electron chi connectivity index (χ2n) is 7.06. The van der Waals surface area contributed by atoms with Crippen LogP contribution < -0.4 is 10.2 Å². The average Bonchev–Trinajstić information content (AvgIpc) is 2.60. The zero-order valence-corrected chi connectivity index (χ0v) is 15.4. The van der Waals surface area contributed by atoms with E-state index in [0.717, 1.165) is 6.20 Å². The molecule has 1 aromatic carbocycles. The summed E-state index contributed by atoms with van der Waals surface area (Å²) in [6, 6.07) is 7.83. The van der Waals surface area contributed by atoms with Gasteiger partial charge in [0.05, 0.1) is 23.9 Å². The lowest BCUT2D eigenvalue weighted by Gasteiger charge is -2.50. The Kier molecular flexibility index (Phi) is 5.70. The van der Waals surface area contributed by atoms with Crippen LogP contribution in [0, 0.1) is 17.0 Å². The van der Waals surface area contributed by atoms with Gasteiger partial charge in [-0.25, -0.2) is 8.78 Å². The fourth-order valence-corrected chi connectivity index (χ4v) is 3.49. The Hall–Kier alpha value is -2.54. The van der Waals surface area contributed by atoms with Gasteiger partial charge >= 0.3 is 0 Å². The van der Waals surface area contributed by atoms with Gasteiger partial charge in [0.15, 0.2) is 5.82 Å². The number of anilines is 1. The number of aromatic nitrogens is 1. The van der Waals surface area contributed by atoms with Crippen molar-refractivity contribution >= 4 is 11.6 Å². The fourth-order valence-electron chi connectivity index (χ4n) is 3.49. The van der Waals surface area contributed by atoms with E-state index in [-0.39, 0.29) is 24.2 Å². The number of rotatable bonds is 7. The molecule has 7 heteroatoms. The van der Waals surface area contributed by atoms with Crippen LogP contribution in [0.2, 0.25) is 0 Å². The molecule has 1 atom stereocenters. The van der Waals surface area contributed by atoms with Crippen molar-refractivity contribution < 1.29 is 18.3 Å². The molecule has 2 heterocycles. The summed E-state index contributed by atoms with van der Waals surface area (Å²) in [5.41, 5.74) is 0.0358. The van der Waals surface area contributed by atoms with Crippen LogP contribution >= 0.6 is 0 Å². The summed E-state index contributed by atoms with van der Waals surface area (Å²) in [6.07, 6.45) is 2.90. The number of methoxy groups -OCH3 is 1. The third kappa shape index (κ3) is 4.08. The molecule has 1 aliphatic rings. The highest BCUT2D eigenvalue weighted by Gasteiger charge is 2.50. The Labute approximate surface area is 157 Å². The first-order valence-corrected chi connectivity index (χ1v) is 8.83. The van der Waals surface area contributed by atoms with E-state index in [4.69, 9.17) is 4.74 Å². The highest BCUT2D eigenvalue weighted by Crippen LogP contribution is 2.39. The molecule has 1 fully saturated rings. The number of halogens is 2. The summed E-state index contributed by atoms with van der Waals surface area (Å²) in [6.45, 7) is 2.82. The number of carbonyl (C=O) groups is 1. The van der Waals surface area contributed by atoms with Crippen molar-refractivity contribution in [3.8, 4) is 0 Å². The number of ether oxygens (including phenoxy) is 1. The minimum atomic E-state index is -0.833. The maximum atomic E-state index is 14.2. The summed E-state index contributed by atoms with van der Waals surface area (Å²) in [4.78, 5) is 18.5. The number of benzene rings is 1. The molecule has 1 saturated heterocycles. The number of hydrogen-bond donors (Lipinski definition) is 1. The van der Waals surface area contributed by atoms with Crippen LogP contribution in [0.4, 0.5) is 14.5 Å². The predicted octanol–water partition coefficient (Wildman–Crippen LogP) is 2.56. The SMILES string of the molecule is COCC(C)NC(=O)C1(Cc2ccccc2F)CN(c2ccncc2F)C1. The lowest BCUT2D eigenvalue weighted by Crippen LogP contribution is -2.65. The first-order valence-electron chi connectivity index (χ1n) is 8.83. The number of nitrogens with zero attached hydrogens (tertiary/aromatic N) is 2. The Bertz CT molecular complexity index is 809. The second kappa shape index (κ2) is 8.00. The number of pyridine rings is 1. The zero-order chi connectivity index (χ0) is 19.4. The molecule has 0 saturated carbocycles. The Morgan fingerprint density at radius 3 is 2.70 bits per heavy atom. The van der Waals surface area contributed by atoms with Gasteiger partial charge in [-0.3, -0.25) is 9.78 Å². The molecule has 0 aliphatic carbocycles. The van der Waals surface area contributed by atoms with Crippen molar-refractivity contribution in [2.45, 2.75) is 19.4 Å². The third-order valence-electron chi connectivity index (χ3n) is 4.84. The lowest BCUT2D eigenvalue weighted by atomic mass is 9.73. The molecule has 0 bridgehead atoms. The Morgan fingerprint density at radius 2 is 2.04 bits per heavy atom. The highest BCUT2D eigenvalue weighted by atomic mass is 19.1. The van der Waals surface area contributed by atoms with Crippen LogP contribution in [0.3, 0.4) is 0 Å². The van der Waals surface area contributed by atoms with Gasteiger partial charge < -0.3 is 15.0 Å². The summed E-state index contributed by atoms with van der Waals surface area (Å²) in [5, 5.41) is 2.93. The molecule has 3 rings (SSSR count). The number of nitrogens with one attached hydrogen (secondary N) is 1. The molecule has 2 aromatic rings. The molecule has 1 N–H and O–H groups in total. The monoisotopic (exact) mass is 375 g/mol. The minimum absolute atomic E-state index is 0.174. The quantitative estimate of drug-likeness (QED) is 0.808. The van der Waals surface area contributed by atoms with E-state index in [2.05, 4.69) is 10.3 Å². The largest absolute Gasteiger partial charge is 0.383 e.